The lowest BCUT2D eigenvalue weighted by Gasteiger charge is -2.27. The molecule has 2 atom stereocenters. The third-order valence-corrected chi connectivity index (χ3v) is 7.68. The molecule has 0 saturated heterocycles. The summed E-state index contributed by atoms with van der Waals surface area (Å²) < 4.78 is 1.04. The molecule has 2 aliphatic rings. The van der Waals surface area contributed by atoms with Crippen molar-refractivity contribution >= 4 is 56.8 Å². The zero-order chi connectivity index (χ0) is 25.2. The lowest BCUT2D eigenvalue weighted by molar-refractivity contribution is -0.122. The second kappa shape index (κ2) is 10.8. The van der Waals surface area contributed by atoms with E-state index in [1.54, 1.807) is 6.07 Å². The summed E-state index contributed by atoms with van der Waals surface area (Å²) in [6.07, 6.45) is 4.92. The van der Waals surface area contributed by atoms with Crippen molar-refractivity contribution in [3.05, 3.63) is 115 Å². The quantitative estimate of drug-likeness (QED) is 0.322. The summed E-state index contributed by atoms with van der Waals surface area (Å²) in [5, 5.41) is 6.25. The van der Waals surface area contributed by atoms with Crippen LogP contribution in [-0.2, 0) is 4.79 Å². The van der Waals surface area contributed by atoms with Crippen LogP contribution >= 0.6 is 39.1 Å². The largest absolute Gasteiger partial charge is 0.348 e. The van der Waals surface area contributed by atoms with E-state index >= 15 is 0 Å². The first-order valence-electron chi connectivity index (χ1n) is 12.0. The van der Waals surface area contributed by atoms with Crippen LogP contribution in [0.5, 0.6) is 0 Å². The van der Waals surface area contributed by atoms with Crippen molar-refractivity contribution in [3.8, 4) is 0 Å². The van der Waals surface area contributed by atoms with Crippen molar-refractivity contribution in [3.63, 3.8) is 0 Å². The first-order valence-corrected chi connectivity index (χ1v) is 13.5. The van der Waals surface area contributed by atoms with Crippen LogP contribution in [0.1, 0.15) is 43.4 Å². The Hall–Kier alpha value is -2.57. The van der Waals surface area contributed by atoms with Crippen LogP contribution in [0.3, 0.4) is 0 Å². The second-order valence-corrected chi connectivity index (χ2v) is 10.8. The van der Waals surface area contributed by atoms with Gasteiger partial charge in [0.1, 0.15) is 6.04 Å². The van der Waals surface area contributed by atoms with Gasteiger partial charge in [-0.25, -0.2) is 5.43 Å². The standard InChI is InChI=1S/C29H26BrCl2N3O/c1-18(20-6-3-2-4-7-20)33-29(36)27-24-9-5-8-21(16-19-10-12-22(30)13-11-19)28(24)35(34-27)26-15-14-23(31)17-25(26)32/h2-4,6-7,10-18,27,34H,5,8-9H2,1H3,(H,33,36)/b21-16+/t18-,27?/m1/s1. The van der Waals surface area contributed by atoms with Crippen LogP contribution in [0.25, 0.3) is 6.08 Å². The zero-order valence-corrected chi connectivity index (χ0v) is 22.9. The number of amides is 1. The summed E-state index contributed by atoms with van der Waals surface area (Å²) >= 11 is 16.3. The number of hydrazine groups is 1. The molecule has 0 saturated carbocycles. The molecule has 0 fully saturated rings. The highest BCUT2D eigenvalue weighted by Gasteiger charge is 2.40. The average molecular weight is 583 g/mol. The van der Waals surface area contributed by atoms with E-state index in [9.17, 15) is 4.79 Å². The number of benzene rings is 3. The number of carbonyl (C=O) groups is 1. The monoisotopic (exact) mass is 581 g/mol. The Bertz CT molecular complexity index is 1340. The molecular formula is C29H26BrCl2N3O. The highest BCUT2D eigenvalue weighted by atomic mass is 79.9. The van der Waals surface area contributed by atoms with E-state index in [1.165, 1.54) is 5.57 Å². The van der Waals surface area contributed by atoms with Crippen molar-refractivity contribution < 1.29 is 4.79 Å². The Morgan fingerprint density at radius 3 is 2.56 bits per heavy atom. The van der Waals surface area contributed by atoms with Gasteiger partial charge in [0, 0.05) is 9.50 Å². The lowest BCUT2D eigenvalue weighted by Crippen LogP contribution is -2.47. The van der Waals surface area contributed by atoms with Gasteiger partial charge in [-0.1, -0.05) is 81.6 Å². The molecule has 2 N–H and O–H groups in total. The van der Waals surface area contributed by atoms with Crippen molar-refractivity contribution in [2.45, 2.75) is 38.3 Å². The van der Waals surface area contributed by atoms with Gasteiger partial charge >= 0.3 is 0 Å². The number of halogens is 3. The number of hydrogen-bond donors (Lipinski definition) is 2. The molecule has 1 aliphatic heterocycles. The summed E-state index contributed by atoms with van der Waals surface area (Å²) in [6, 6.07) is 23.1. The van der Waals surface area contributed by atoms with Crippen LogP contribution < -0.4 is 15.8 Å². The number of carbonyl (C=O) groups excluding carboxylic acids is 1. The van der Waals surface area contributed by atoms with Gasteiger partial charge in [-0.15, -0.1) is 0 Å². The van der Waals surface area contributed by atoms with Crippen molar-refractivity contribution in [1.29, 1.82) is 0 Å². The minimum atomic E-state index is -0.494. The Labute approximate surface area is 230 Å². The Kier molecular flexibility index (Phi) is 7.54. The summed E-state index contributed by atoms with van der Waals surface area (Å²) in [5.74, 6) is -0.0590. The number of hydrogen-bond acceptors (Lipinski definition) is 3. The Morgan fingerprint density at radius 1 is 1.08 bits per heavy atom. The Morgan fingerprint density at radius 2 is 1.83 bits per heavy atom. The third kappa shape index (κ3) is 5.25. The summed E-state index contributed by atoms with van der Waals surface area (Å²) in [5.41, 5.74) is 9.66. The number of allylic oxidation sites excluding steroid dienone is 1. The van der Waals surface area contributed by atoms with Crippen molar-refractivity contribution in [2.75, 3.05) is 5.01 Å². The van der Waals surface area contributed by atoms with Gasteiger partial charge in [-0.05, 0) is 84.9 Å². The minimum absolute atomic E-state index is 0.0590. The van der Waals surface area contributed by atoms with Gasteiger partial charge < -0.3 is 5.32 Å². The molecule has 5 rings (SSSR count). The zero-order valence-electron chi connectivity index (χ0n) is 19.8. The molecule has 184 valence electrons. The Balaban J connectivity index is 1.53. The molecule has 1 amide bonds. The van der Waals surface area contributed by atoms with E-state index in [2.05, 4.69) is 44.9 Å². The van der Waals surface area contributed by atoms with Crippen LogP contribution in [-0.4, -0.2) is 11.9 Å². The normalized spacial score (nSPS) is 19.4. The minimum Gasteiger partial charge on any atom is -0.348 e. The third-order valence-electron chi connectivity index (χ3n) is 6.61. The van der Waals surface area contributed by atoms with E-state index in [1.807, 2.05) is 66.5 Å². The molecule has 1 unspecified atom stereocenters. The molecule has 3 aromatic carbocycles. The molecule has 0 bridgehead atoms. The summed E-state index contributed by atoms with van der Waals surface area (Å²) in [6.45, 7) is 2.01. The molecule has 0 spiro atoms. The molecule has 1 heterocycles. The van der Waals surface area contributed by atoms with Gasteiger partial charge in [-0.2, -0.15) is 0 Å². The van der Waals surface area contributed by atoms with Crippen LogP contribution in [0.2, 0.25) is 10.0 Å². The molecule has 3 aromatic rings. The fourth-order valence-corrected chi connectivity index (χ4v) is 5.60. The number of rotatable bonds is 5. The maximum absolute atomic E-state index is 13.6. The first kappa shape index (κ1) is 25.1. The van der Waals surface area contributed by atoms with Crippen molar-refractivity contribution in [2.24, 2.45) is 0 Å². The molecule has 0 aromatic heterocycles. The average Bonchev–Trinajstić information content (AvgIpc) is 3.26. The molecule has 1 aliphatic carbocycles. The molecule has 0 radical (unpaired) electrons. The smallest absolute Gasteiger partial charge is 0.243 e. The van der Waals surface area contributed by atoms with Gasteiger partial charge in [0.2, 0.25) is 5.91 Å². The molecular weight excluding hydrogens is 557 g/mol. The van der Waals surface area contributed by atoms with E-state index in [0.29, 0.717) is 10.0 Å². The molecule has 4 nitrogen and oxygen atoms in total. The topological polar surface area (TPSA) is 44.4 Å². The van der Waals surface area contributed by atoms with Crippen LogP contribution in [0, 0.1) is 0 Å². The predicted octanol–water partition coefficient (Wildman–Crippen LogP) is 7.85. The number of anilines is 1. The van der Waals surface area contributed by atoms with Crippen molar-refractivity contribution in [1.82, 2.24) is 10.7 Å². The van der Waals surface area contributed by atoms with Crippen LogP contribution in [0.4, 0.5) is 5.69 Å². The fraction of sp³-hybridized carbons (Fsp3) is 0.207. The first-order chi connectivity index (χ1) is 17.4. The predicted molar refractivity (Wildman–Crippen MR) is 152 cm³/mol. The number of nitrogens with zero attached hydrogens (tertiary/aromatic N) is 1. The van der Waals surface area contributed by atoms with E-state index in [0.717, 1.165) is 51.8 Å². The SMILES string of the molecule is C[C@@H](NC(=O)C1NN(c2ccc(Cl)cc2Cl)C2=C1CCC/C2=C\c1ccc(Br)cc1)c1ccccc1. The molecule has 36 heavy (non-hydrogen) atoms. The maximum atomic E-state index is 13.6. The van der Waals surface area contributed by atoms with Crippen LogP contribution in [0.15, 0.2) is 94.1 Å². The highest BCUT2D eigenvalue weighted by molar-refractivity contribution is 9.10. The maximum Gasteiger partial charge on any atom is 0.243 e. The van der Waals surface area contributed by atoms with Gasteiger partial charge in [0.05, 0.1) is 22.4 Å². The number of nitrogens with one attached hydrogen (secondary N) is 2. The van der Waals surface area contributed by atoms with E-state index < -0.39 is 6.04 Å². The fourth-order valence-electron chi connectivity index (χ4n) is 4.84. The second-order valence-electron chi connectivity index (χ2n) is 9.08. The van der Waals surface area contributed by atoms with E-state index in [-0.39, 0.29) is 11.9 Å². The summed E-state index contributed by atoms with van der Waals surface area (Å²) in [4.78, 5) is 13.6. The summed E-state index contributed by atoms with van der Waals surface area (Å²) in [7, 11) is 0. The van der Waals surface area contributed by atoms with Gasteiger partial charge in [0.25, 0.3) is 0 Å². The lowest BCUT2D eigenvalue weighted by atomic mass is 9.87. The highest BCUT2D eigenvalue weighted by Crippen LogP contribution is 2.42. The van der Waals surface area contributed by atoms with Gasteiger partial charge in [-0.3, -0.25) is 9.80 Å². The van der Waals surface area contributed by atoms with Gasteiger partial charge in [0.15, 0.2) is 0 Å². The molecule has 7 heteroatoms. The van der Waals surface area contributed by atoms with E-state index in [4.69, 9.17) is 23.2 Å².